The standard InChI is InChI=1S/C17H25N/c1-12-7-8-14-9-10-17(15(14)11-12)18-16-6-4-3-5-13(16)2/h7-8,11,13,16-18H,3-6,9-10H2,1-2H3. The lowest BCUT2D eigenvalue weighted by Crippen LogP contribution is -2.38. The summed E-state index contributed by atoms with van der Waals surface area (Å²) in [5, 5.41) is 3.95. The molecule has 1 nitrogen and oxygen atoms in total. The first-order valence-corrected chi connectivity index (χ1v) is 7.59. The van der Waals surface area contributed by atoms with Crippen LogP contribution in [0.4, 0.5) is 0 Å². The van der Waals surface area contributed by atoms with Crippen LogP contribution in [0, 0.1) is 12.8 Å². The number of aryl methyl sites for hydroxylation is 2. The Morgan fingerprint density at radius 3 is 2.78 bits per heavy atom. The molecule has 0 spiro atoms. The zero-order valence-electron chi connectivity index (χ0n) is 11.7. The fourth-order valence-electron chi connectivity index (χ4n) is 3.72. The van der Waals surface area contributed by atoms with Gasteiger partial charge in [0, 0.05) is 12.1 Å². The highest BCUT2D eigenvalue weighted by Gasteiger charge is 2.28. The number of fused-ring (bicyclic) bond motifs is 1. The predicted molar refractivity (Wildman–Crippen MR) is 76.8 cm³/mol. The topological polar surface area (TPSA) is 12.0 Å². The molecule has 1 heteroatoms. The van der Waals surface area contributed by atoms with E-state index in [4.69, 9.17) is 0 Å². The second kappa shape index (κ2) is 5.05. The van der Waals surface area contributed by atoms with Gasteiger partial charge in [0.15, 0.2) is 0 Å². The molecular weight excluding hydrogens is 218 g/mol. The predicted octanol–water partition coefficient (Wildman–Crippen LogP) is 4.15. The van der Waals surface area contributed by atoms with Gasteiger partial charge < -0.3 is 5.32 Å². The summed E-state index contributed by atoms with van der Waals surface area (Å²) >= 11 is 0. The maximum Gasteiger partial charge on any atom is 0.0328 e. The largest absolute Gasteiger partial charge is 0.307 e. The second-order valence-corrected chi connectivity index (χ2v) is 6.33. The lowest BCUT2D eigenvalue weighted by molar-refractivity contribution is 0.258. The number of hydrogen-bond donors (Lipinski definition) is 1. The first-order valence-electron chi connectivity index (χ1n) is 7.59. The molecule has 1 saturated carbocycles. The third-order valence-corrected chi connectivity index (χ3v) is 4.91. The van der Waals surface area contributed by atoms with Gasteiger partial charge in [-0.3, -0.25) is 0 Å². The summed E-state index contributed by atoms with van der Waals surface area (Å²) in [6.45, 7) is 4.63. The molecule has 0 heterocycles. The van der Waals surface area contributed by atoms with Gasteiger partial charge in [0.2, 0.25) is 0 Å². The van der Waals surface area contributed by atoms with Gasteiger partial charge in [-0.05, 0) is 49.7 Å². The zero-order valence-corrected chi connectivity index (χ0v) is 11.7. The van der Waals surface area contributed by atoms with Gasteiger partial charge in [0.1, 0.15) is 0 Å². The second-order valence-electron chi connectivity index (χ2n) is 6.33. The number of rotatable bonds is 2. The molecule has 0 aliphatic heterocycles. The third-order valence-electron chi connectivity index (χ3n) is 4.91. The van der Waals surface area contributed by atoms with Crippen molar-refractivity contribution in [2.75, 3.05) is 0 Å². The van der Waals surface area contributed by atoms with Crippen LogP contribution < -0.4 is 5.32 Å². The average Bonchev–Trinajstić information content (AvgIpc) is 2.75. The van der Waals surface area contributed by atoms with E-state index in [1.165, 1.54) is 44.1 Å². The van der Waals surface area contributed by atoms with Crippen molar-refractivity contribution in [1.82, 2.24) is 5.32 Å². The highest BCUT2D eigenvalue weighted by molar-refractivity contribution is 5.37. The molecule has 2 aliphatic carbocycles. The SMILES string of the molecule is Cc1ccc2c(c1)C(NC1CCCCC1C)CC2. The van der Waals surface area contributed by atoms with Gasteiger partial charge >= 0.3 is 0 Å². The lowest BCUT2D eigenvalue weighted by atomic mass is 9.85. The van der Waals surface area contributed by atoms with Gasteiger partial charge in [0.25, 0.3) is 0 Å². The van der Waals surface area contributed by atoms with E-state index >= 15 is 0 Å². The van der Waals surface area contributed by atoms with Gasteiger partial charge in [0.05, 0.1) is 0 Å². The Morgan fingerprint density at radius 1 is 1.11 bits per heavy atom. The molecule has 1 aromatic carbocycles. The van der Waals surface area contributed by atoms with E-state index < -0.39 is 0 Å². The van der Waals surface area contributed by atoms with Crippen molar-refractivity contribution in [3.8, 4) is 0 Å². The van der Waals surface area contributed by atoms with Crippen LogP contribution in [0.25, 0.3) is 0 Å². The van der Waals surface area contributed by atoms with E-state index in [-0.39, 0.29) is 0 Å². The van der Waals surface area contributed by atoms with Gasteiger partial charge in [-0.15, -0.1) is 0 Å². The molecule has 98 valence electrons. The Morgan fingerprint density at radius 2 is 1.94 bits per heavy atom. The first kappa shape index (κ1) is 12.2. The molecule has 3 rings (SSSR count). The highest BCUT2D eigenvalue weighted by atomic mass is 15.0. The quantitative estimate of drug-likeness (QED) is 0.822. The van der Waals surface area contributed by atoms with Crippen LogP contribution in [0.3, 0.4) is 0 Å². The van der Waals surface area contributed by atoms with Crippen molar-refractivity contribution in [2.45, 2.75) is 64.5 Å². The molecule has 1 N–H and O–H groups in total. The van der Waals surface area contributed by atoms with E-state index in [1.54, 1.807) is 11.1 Å². The average molecular weight is 243 g/mol. The third kappa shape index (κ3) is 2.33. The summed E-state index contributed by atoms with van der Waals surface area (Å²) in [6, 6.07) is 8.34. The highest BCUT2D eigenvalue weighted by Crippen LogP contribution is 2.34. The van der Waals surface area contributed by atoms with E-state index in [9.17, 15) is 0 Å². The lowest BCUT2D eigenvalue weighted by Gasteiger charge is -2.32. The Balaban J connectivity index is 1.74. The van der Waals surface area contributed by atoms with Crippen LogP contribution in [0.15, 0.2) is 18.2 Å². The number of hydrogen-bond acceptors (Lipinski definition) is 1. The minimum absolute atomic E-state index is 0.616. The van der Waals surface area contributed by atoms with E-state index in [0.29, 0.717) is 6.04 Å². The molecule has 1 fully saturated rings. The van der Waals surface area contributed by atoms with Crippen molar-refractivity contribution in [3.63, 3.8) is 0 Å². The minimum atomic E-state index is 0.616. The van der Waals surface area contributed by atoms with Crippen molar-refractivity contribution < 1.29 is 0 Å². The first-order chi connectivity index (χ1) is 8.74. The summed E-state index contributed by atoms with van der Waals surface area (Å²) in [5.74, 6) is 0.854. The summed E-state index contributed by atoms with van der Waals surface area (Å²) in [7, 11) is 0. The Hall–Kier alpha value is -0.820. The van der Waals surface area contributed by atoms with Crippen LogP contribution in [0.1, 0.15) is 61.8 Å². The maximum atomic E-state index is 3.95. The summed E-state index contributed by atoms with van der Waals surface area (Å²) in [4.78, 5) is 0. The van der Waals surface area contributed by atoms with Crippen LogP contribution in [-0.4, -0.2) is 6.04 Å². The van der Waals surface area contributed by atoms with Gasteiger partial charge in [-0.2, -0.15) is 0 Å². The van der Waals surface area contributed by atoms with E-state index in [1.807, 2.05) is 0 Å². The van der Waals surface area contributed by atoms with E-state index in [0.717, 1.165) is 12.0 Å². The fraction of sp³-hybridized carbons (Fsp3) is 0.647. The van der Waals surface area contributed by atoms with E-state index in [2.05, 4.69) is 37.4 Å². The van der Waals surface area contributed by atoms with Crippen LogP contribution in [-0.2, 0) is 6.42 Å². The maximum absolute atomic E-state index is 3.95. The minimum Gasteiger partial charge on any atom is -0.307 e. The number of nitrogens with one attached hydrogen (secondary N) is 1. The molecule has 3 unspecified atom stereocenters. The molecule has 18 heavy (non-hydrogen) atoms. The molecule has 0 saturated heterocycles. The Kier molecular flexibility index (Phi) is 3.43. The molecule has 2 aliphatic rings. The zero-order chi connectivity index (χ0) is 12.5. The number of benzene rings is 1. The Labute approximate surface area is 111 Å². The molecule has 3 atom stereocenters. The normalized spacial score (nSPS) is 31.3. The van der Waals surface area contributed by atoms with Crippen molar-refractivity contribution in [3.05, 3.63) is 34.9 Å². The van der Waals surface area contributed by atoms with Crippen LogP contribution in [0.5, 0.6) is 0 Å². The van der Waals surface area contributed by atoms with Gasteiger partial charge in [-0.25, -0.2) is 0 Å². The van der Waals surface area contributed by atoms with Crippen LogP contribution >= 0.6 is 0 Å². The molecule has 0 aromatic heterocycles. The Bertz CT molecular complexity index is 424. The van der Waals surface area contributed by atoms with Gasteiger partial charge in [-0.1, -0.05) is 43.5 Å². The summed E-state index contributed by atoms with van der Waals surface area (Å²) in [6.07, 6.45) is 8.18. The van der Waals surface area contributed by atoms with Crippen LogP contribution in [0.2, 0.25) is 0 Å². The summed E-state index contributed by atoms with van der Waals surface area (Å²) < 4.78 is 0. The monoisotopic (exact) mass is 243 g/mol. The van der Waals surface area contributed by atoms with Crippen molar-refractivity contribution in [1.29, 1.82) is 0 Å². The molecular formula is C17H25N. The molecule has 0 radical (unpaired) electrons. The molecule has 0 bridgehead atoms. The fourth-order valence-corrected chi connectivity index (χ4v) is 3.72. The van der Waals surface area contributed by atoms with Crippen molar-refractivity contribution >= 4 is 0 Å². The molecule has 0 amide bonds. The van der Waals surface area contributed by atoms with Crippen molar-refractivity contribution in [2.24, 2.45) is 5.92 Å². The summed E-state index contributed by atoms with van der Waals surface area (Å²) in [5.41, 5.74) is 4.55. The molecule has 1 aromatic rings. The smallest absolute Gasteiger partial charge is 0.0328 e.